The number of likely N-dealkylation sites (tertiary alicyclic amines) is 2. The van der Waals surface area contributed by atoms with Crippen molar-refractivity contribution in [1.29, 1.82) is 0 Å². The third-order valence-corrected chi connectivity index (χ3v) is 13.0. The zero-order valence-electron chi connectivity index (χ0n) is 33.9. The molecule has 0 radical (unpaired) electrons. The summed E-state index contributed by atoms with van der Waals surface area (Å²) >= 11 is 0. The molecule has 8 heteroatoms. The molecule has 2 saturated carbocycles. The predicted octanol–water partition coefficient (Wildman–Crippen LogP) is 7.92. The van der Waals surface area contributed by atoms with E-state index in [0.29, 0.717) is 0 Å². The monoisotopic (exact) mass is 741 g/mol. The fourth-order valence-electron chi connectivity index (χ4n) is 9.46. The third kappa shape index (κ3) is 9.96. The van der Waals surface area contributed by atoms with Crippen molar-refractivity contribution >= 4 is 11.8 Å². The van der Waals surface area contributed by atoms with Gasteiger partial charge in [0.05, 0.1) is 48.6 Å². The van der Waals surface area contributed by atoms with Crippen LogP contribution in [0.3, 0.4) is 0 Å². The van der Waals surface area contributed by atoms with Crippen LogP contribution in [0, 0.1) is 11.8 Å². The summed E-state index contributed by atoms with van der Waals surface area (Å²) in [4.78, 5) is 35.7. The fourth-order valence-corrected chi connectivity index (χ4v) is 9.46. The number of ether oxygens (including phenoxy) is 2. The van der Waals surface area contributed by atoms with Crippen LogP contribution in [0.5, 0.6) is 0 Å². The lowest BCUT2D eigenvalue weighted by Gasteiger charge is -2.47. The highest BCUT2D eigenvalue weighted by Gasteiger charge is 2.57. The molecule has 0 N–H and O–H groups in total. The summed E-state index contributed by atoms with van der Waals surface area (Å²) in [5, 5.41) is 0. The van der Waals surface area contributed by atoms with Crippen molar-refractivity contribution in [2.24, 2.45) is 11.8 Å². The van der Waals surface area contributed by atoms with Crippen LogP contribution in [-0.2, 0) is 9.47 Å². The van der Waals surface area contributed by atoms with Crippen LogP contribution in [0.1, 0.15) is 125 Å². The van der Waals surface area contributed by atoms with Crippen LogP contribution in [0.2, 0.25) is 0 Å². The van der Waals surface area contributed by atoms with E-state index in [1.54, 1.807) is 0 Å². The first-order valence-electron chi connectivity index (χ1n) is 21.5. The van der Waals surface area contributed by atoms with E-state index < -0.39 is 0 Å². The number of hydrogen-bond donors (Lipinski definition) is 0. The maximum atomic E-state index is 13.1. The molecule has 8 rings (SSSR count). The van der Waals surface area contributed by atoms with E-state index in [2.05, 4.69) is 47.3 Å². The van der Waals surface area contributed by atoms with E-state index in [1.165, 1.54) is 38.8 Å². The van der Waals surface area contributed by atoms with E-state index in [4.69, 9.17) is 9.47 Å². The Balaban J connectivity index is 0.000000167. The van der Waals surface area contributed by atoms with Gasteiger partial charge in [0.1, 0.15) is 0 Å². The lowest BCUT2D eigenvalue weighted by molar-refractivity contribution is -0.165. The number of amides is 2. The van der Waals surface area contributed by atoms with Crippen molar-refractivity contribution in [2.75, 3.05) is 65.4 Å². The minimum absolute atomic E-state index is 0.0597. The highest BCUT2D eigenvalue weighted by Crippen LogP contribution is 2.50. The predicted molar refractivity (Wildman–Crippen MR) is 216 cm³/mol. The molecule has 0 bridgehead atoms. The second-order valence-electron chi connectivity index (χ2n) is 18.7. The van der Waals surface area contributed by atoms with Gasteiger partial charge in [-0.1, -0.05) is 64.1 Å². The molecule has 4 saturated heterocycles. The highest BCUT2D eigenvalue weighted by atomic mass is 16.5. The Morgan fingerprint density at radius 2 is 0.870 bits per heavy atom. The molecule has 8 nitrogen and oxygen atoms in total. The van der Waals surface area contributed by atoms with E-state index in [1.807, 2.05) is 60.7 Å². The summed E-state index contributed by atoms with van der Waals surface area (Å²) < 4.78 is 13.5. The van der Waals surface area contributed by atoms with Crippen LogP contribution < -0.4 is 0 Å². The maximum Gasteiger partial charge on any atom is 0.254 e. The van der Waals surface area contributed by atoms with Crippen molar-refractivity contribution in [3.8, 4) is 0 Å². The molecule has 2 atom stereocenters. The van der Waals surface area contributed by atoms with E-state index in [9.17, 15) is 9.59 Å². The zero-order chi connectivity index (χ0) is 37.8. The largest absolute Gasteiger partial charge is 0.365 e. The first-order chi connectivity index (χ1) is 26.0. The van der Waals surface area contributed by atoms with E-state index in [-0.39, 0.29) is 34.2 Å². The molecule has 6 aliphatic rings. The molecule has 0 aromatic heterocycles. The van der Waals surface area contributed by atoms with Gasteiger partial charge in [-0.2, -0.15) is 0 Å². The SMILES string of the molecule is CC(C)CCN1CCC[C@@]2(CC1)CN(C(=O)c1ccccc1)CC1(CC1)O2.CC(C)CCN1CCC[C@]2(CC1)CN(C(=O)c1ccccc1)CC1(CC1)O2. The van der Waals surface area contributed by atoms with Gasteiger partial charge in [-0.15, -0.1) is 0 Å². The molecule has 2 aromatic rings. The smallest absolute Gasteiger partial charge is 0.254 e. The van der Waals surface area contributed by atoms with Crippen molar-refractivity contribution in [2.45, 2.75) is 127 Å². The summed E-state index contributed by atoms with van der Waals surface area (Å²) in [7, 11) is 0. The topological polar surface area (TPSA) is 65.6 Å². The van der Waals surface area contributed by atoms with Crippen molar-refractivity contribution in [3.63, 3.8) is 0 Å². The molecule has 4 spiro atoms. The van der Waals surface area contributed by atoms with Crippen LogP contribution in [0.4, 0.5) is 0 Å². The lowest BCUT2D eigenvalue weighted by atomic mass is 9.90. The average Bonchev–Trinajstić information content (AvgIpc) is 4.11. The van der Waals surface area contributed by atoms with Crippen molar-refractivity contribution in [1.82, 2.24) is 19.6 Å². The molecule has 54 heavy (non-hydrogen) atoms. The molecule has 4 heterocycles. The van der Waals surface area contributed by atoms with Gasteiger partial charge in [-0.3, -0.25) is 9.59 Å². The van der Waals surface area contributed by atoms with Gasteiger partial charge in [0, 0.05) is 24.2 Å². The van der Waals surface area contributed by atoms with Gasteiger partial charge in [0.2, 0.25) is 0 Å². The molecule has 0 unspecified atom stereocenters. The van der Waals surface area contributed by atoms with Crippen LogP contribution in [-0.4, -0.2) is 119 Å². The van der Waals surface area contributed by atoms with Crippen molar-refractivity contribution < 1.29 is 19.1 Å². The summed E-state index contributed by atoms with van der Waals surface area (Å²) in [6.45, 7) is 19.1. The Labute approximate surface area is 325 Å². The van der Waals surface area contributed by atoms with Gasteiger partial charge in [-0.05, 0) is 139 Å². The number of benzene rings is 2. The Hall–Kier alpha value is -2.78. The Bertz CT molecular complexity index is 1430. The summed E-state index contributed by atoms with van der Waals surface area (Å²) in [5.74, 6) is 1.85. The molecule has 2 aliphatic carbocycles. The first-order valence-corrected chi connectivity index (χ1v) is 21.5. The summed E-state index contributed by atoms with van der Waals surface area (Å²) in [6, 6.07) is 19.5. The normalized spacial score (nSPS) is 27.9. The lowest BCUT2D eigenvalue weighted by Crippen LogP contribution is -2.58. The van der Waals surface area contributed by atoms with E-state index >= 15 is 0 Å². The molecule has 2 aromatic carbocycles. The molecular formula is C46H68N4O4. The Morgan fingerprint density at radius 3 is 1.20 bits per heavy atom. The maximum absolute atomic E-state index is 13.1. The molecule has 6 fully saturated rings. The molecule has 2 amide bonds. The van der Waals surface area contributed by atoms with E-state index in [0.717, 1.165) is 127 Å². The summed E-state index contributed by atoms with van der Waals surface area (Å²) in [6.07, 6.45) is 13.5. The molecule has 296 valence electrons. The summed E-state index contributed by atoms with van der Waals surface area (Å²) in [5.41, 5.74) is 1.19. The zero-order valence-corrected chi connectivity index (χ0v) is 33.9. The second kappa shape index (κ2) is 16.8. The first kappa shape index (κ1) is 39.5. The van der Waals surface area contributed by atoms with Gasteiger partial charge in [-0.25, -0.2) is 0 Å². The Kier molecular flexibility index (Phi) is 12.2. The number of rotatable bonds is 8. The van der Waals surface area contributed by atoms with Crippen LogP contribution in [0.25, 0.3) is 0 Å². The number of carbonyl (C=O) groups excluding carboxylic acids is 2. The van der Waals surface area contributed by atoms with Gasteiger partial charge in [0.15, 0.2) is 0 Å². The Morgan fingerprint density at radius 1 is 0.519 bits per heavy atom. The number of hydrogen-bond acceptors (Lipinski definition) is 6. The second-order valence-corrected chi connectivity index (χ2v) is 18.7. The number of carbonyl (C=O) groups is 2. The molecule has 4 aliphatic heterocycles. The average molecular weight is 741 g/mol. The fraction of sp³-hybridized carbons (Fsp3) is 0.696. The minimum atomic E-state index is -0.147. The van der Waals surface area contributed by atoms with Gasteiger partial charge < -0.3 is 29.1 Å². The number of nitrogens with zero attached hydrogens (tertiary/aromatic N) is 4. The van der Waals surface area contributed by atoms with Crippen LogP contribution in [0.15, 0.2) is 60.7 Å². The quantitative estimate of drug-likeness (QED) is 0.274. The third-order valence-electron chi connectivity index (χ3n) is 13.0. The van der Waals surface area contributed by atoms with Crippen LogP contribution >= 0.6 is 0 Å². The van der Waals surface area contributed by atoms with Gasteiger partial charge in [0.25, 0.3) is 11.8 Å². The molecular weight excluding hydrogens is 673 g/mol. The van der Waals surface area contributed by atoms with Crippen molar-refractivity contribution in [3.05, 3.63) is 71.8 Å². The standard InChI is InChI=1S/2C23H34N2O2/c2*1-19(2)9-15-24-14-6-10-22(13-16-24)17-25(18-23(27-22)11-12-23)21(26)20-7-4-3-5-8-20/h2*3-5,7-8,19H,6,9-18H2,1-2H3/t2*22-/m10/s1. The highest BCUT2D eigenvalue weighted by molar-refractivity contribution is 5.95. The van der Waals surface area contributed by atoms with Gasteiger partial charge >= 0.3 is 0 Å². The minimum Gasteiger partial charge on any atom is -0.365 e. The number of morpholine rings is 2.